The topological polar surface area (TPSA) is 66.4 Å². The van der Waals surface area contributed by atoms with E-state index in [2.05, 4.69) is 39.5 Å². The van der Waals surface area contributed by atoms with Gasteiger partial charge in [-0.3, -0.25) is 9.79 Å². The zero-order chi connectivity index (χ0) is 21.2. The summed E-state index contributed by atoms with van der Waals surface area (Å²) in [5, 5.41) is 3.50. The first-order valence-corrected chi connectivity index (χ1v) is 11.1. The summed E-state index contributed by atoms with van der Waals surface area (Å²) < 4.78 is 11.0. The molecule has 0 bridgehead atoms. The third kappa shape index (κ3) is 8.23. The predicted molar refractivity (Wildman–Crippen MR) is 134 cm³/mol. The number of aliphatic imine (C=N–C) groups is 1. The van der Waals surface area contributed by atoms with Crippen LogP contribution in [0.5, 0.6) is 0 Å². The number of halogens is 1. The molecular formula is C23H37IN4O3. The smallest absolute Gasteiger partial charge is 0.222 e. The fourth-order valence-corrected chi connectivity index (χ4v) is 4.13. The summed E-state index contributed by atoms with van der Waals surface area (Å²) in [7, 11) is 3.56. The summed E-state index contributed by atoms with van der Waals surface area (Å²) >= 11 is 0. The van der Waals surface area contributed by atoms with Crippen molar-refractivity contribution < 1.29 is 14.3 Å². The van der Waals surface area contributed by atoms with E-state index in [-0.39, 0.29) is 29.9 Å². The SMILES string of the molecule is CN=C(NCc1cccc(CN2CCCC2=O)c1)N1CCC(OCCCOC)CC1.I. The Balaban J connectivity index is 0.00000341. The molecule has 31 heavy (non-hydrogen) atoms. The number of benzene rings is 1. The van der Waals surface area contributed by atoms with E-state index in [0.29, 0.717) is 19.1 Å². The van der Waals surface area contributed by atoms with Gasteiger partial charge in [-0.15, -0.1) is 24.0 Å². The molecule has 0 spiro atoms. The molecule has 0 aromatic heterocycles. The Hall–Kier alpha value is -1.39. The first-order valence-electron chi connectivity index (χ1n) is 11.1. The average Bonchev–Trinajstić information content (AvgIpc) is 3.17. The Morgan fingerprint density at radius 1 is 1.19 bits per heavy atom. The normalized spacial score (nSPS) is 17.7. The predicted octanol–water partition coefficient (Wildman–Crippen LogP) is 3.02. The molecule has 1 amide bonds. The molecular weight excluding hydrogens is 507 g/mol. The van der Waals surface area contributed by atoms with E-state index < -0.39 is 0 Å². The molecule has 0 atom stereocenters. The van der Waals surface area contributed by atoms with Crippen LogP contribution in [0.3, 0.4) is 0 Å². The van der Waals surface area contributed by atoms with E-state index in [4.69, 9.17) is 9.47 Å². The minimum atomic E-state index is 0. The summed E-state index contributed by atoms with van der Waals surface area (Å²) in [6, 6.07) is 8.48. The van der Waals surface area contributed by atoms with Crippen molar-refractivity contribution >= 4 is 35.8 Å². The van der Waals surface area contributed by atoms with Crippen LogP contribution < -0.4 is 5.32 Å². The number of rotatable bonds is 9. The number of nitrogens with zero attached hydrogens (tertiary/aromatic N) is 3. The second-order valence-corrected chi connectivity index (χ2v) is 8.04. The minimum Gasteiger partial charge on any atom is -0.385 e. The molecule has 2 heterocycles. The van der Waals surface area contributed by atoms with Crippen LogP contribution in [0.15, 0.2) is 29.3 Å². The average molecular weight is 544 g/mol. The minimum absolute atomic E-state index is 0. The van der Waals surface area contributed by atoms with Crippen LogP contribution in [-0.4, -0.2) is 74.8 Å². The highest BCUT2D eigenvalue weighted by molar-refractivity contribution is 14.0. The second kappa shape index (κ2) is 13.9. The maximum Gasteiger partial charge on any atom is 0.222 e. The molecule has 1 N–H and O–H groups in total. The van der Waals surface area contributed by atoms with Crippen molar-refractivity contribution in [2.75, 3.05) is 47.0 Å². The lowest BCUT2D eigenvalue weighted by Gasteiger charge is -2.34. The molecule has 2 fully saturated rings. The van der Waals surface area contributed by atoms with Crippen LogP contribution >= 0.6 is 24.0 Å². The molecule has 7 nitrogen and oxygen atoms in total. The van der Waals surface area contributed by atoms with E-state index in [1.165, 1.54) is 11.1 Å². The molecule has 0 aliphatic carbocycles. The Kier molecular flexibility index (Phi) is 11.6. The molecule has 3 rings (SSSR count). The first-order chi connectivity index (χ1) is 14.7. The molecule has 0 unspecified atom stereocenters. The Morgan fingerprint density at radius 2 is 1.97 bits per heavy atom. The number of hydrogen-bond donors (Lipinski definition) is 1. The van der Waals surface area contributed by atoms with Gasteiger partial charge in [0.05, 0.1) is 6.10 Å². The lowest BCUT2D eigenvalue weighted by atomic mass is 10.1. The molecule has 1 aromatic carbocycles. The number of ether oxygens (including phenoxy) is 2. The van der Waals surface area contributed by atoms with Crippen LogP contribution in [0.25, 0.3) is 0 Å². The number of carbonyl (C=O) groups excluding carboxylic acids is 1. The second-order valence-electron chi connectivity index (χ2n) is 8.04. The number of guanidine groups is 1. The monoisotopic (exact) mass is 544 g/mol. The number of hydrogen-bond acceptors (Lipinski definition) is 4. The van der Waals surface area contributed by atoms with Crippen LogP contribution in [0, 0.1) is 0 Å². The van der Waals surface area contributed by atoms with E-state index in [9.17, 15) is 4.79 Å². The van der Waals surface area contributed by atoms with Gasteiger partial charge in [0, 0.05) is 66.5 Å². The maximum absolute atomic E-state index is 11.9. The standard InChI is InChI=1S/C23H36N4O3.HI/c1-24-23(26-12-9-21(10-13-26)30-15-5-14-29-2)25-17-19-6-3-7-20(16-19)18-27-11-4-8-22(27)28;/h3,6-7,16,21H,4-5,8-15,17-18H2,1-2H3,(H,24,25);1H. The Morgan fingerprint density at radius 3 is 2.65 bits per heavy atom. The summed E-state index contributed by atoms with van der Waals surface area (Å²) in [6.45, 7) is 5.73. The number of piperidine rings is 1. The largest absolute Gasteiger partial charge is 0.385 e. The van der Waals surface area contributed by atoms with Gasteiger partial charge in [0.25, 0.3) is 0 Å². The van der Waals surface area contributed by atoms with Gasteiger partial charge in [-0.1, -0.05) is 24.3 Å². The van der Waals surface area contributed by atoms with Crippen LogP contribution in [-0.2, 0) is 27.4 Å². The van der Waals surface area contributed by atoms with Gasteiger partial charge >= 0.3 is 0 Å². The molecule has 2 aliphatic rings. The number of likely N-dealkylation sites (tertiary alicyclic amines) is 2. The van der Waals surface area contributed by atoms with E-state index in [0.717, 1.165) is 71.0 Å². The van der Waals surface area contributed by atoms with Gasteiger partial charge in [0.2, 0.25) is 5.91 Å². The fourth-order valence-electron chi connectivity index (χ4n) is 4.13. The lowest BCUT2D eigenvalue weighted by molar-refractivity contribution is -0.128. The summed E-state index contributed by atoms with van der Waals surface area (Å²) in [6.07, 6.45) is 4.99. The molecule has 1 aromatic rings. The van der Waals surface area contributed by atoms with Crippen molar-refractivity contribution in [1.29, 1.82) is 0 Å². The lowest BCUT2D eigenvalue weighted by Crippen LogP contribution is -2.46. The van der Waals surface area contributed by atoms with Gasteiger partial charge in [0.15, 0.2) is 5.96 Å². The van der Waals surface area contributed by atoms with Crippen molar-refractivity contribution in [2.24, 2.45) is 4.99 Å². The number of carbonyl (C=O) groups is 1. The summed E-state index contributed by atoms with van der Waals surface area (Å²) in [4.78, 5) is 20.6. The highest BCUT2D eigenvalue weighted by Crippen LogP contribution is 2.16. The zero-order valence-corrected chi connectivity index (χ0v) is 21.2. The van der Waals surface area contributed by atoms with Crippen LogP contribution in [0.1, 0.15) is 43.2 Å². The molecule has 8 heteroatoms. The van der Waals surface area contributed by atoms with Gasteiger partial charge < -0.3 is 24.6 Å². The van der Waals surface area contributed by atoms with Crippen molar-refractivity contribution in [3.05, 3.63) is 35.4 Å². The Bertz CT molecular complexity index is 708. The van der Waals surface area contributed by atoms with Crippen molar-refractivity contribution in [3.8, 4) is 0 Å². The first kappa shape index (κ1) is 25.9. The molecule has 2 aliphatic heterocycles. The van der Waals surface area contributed by atoms with Gasteiger partial charge in [0.1, 0.15) is 0 Å². The fraction of sp³-hybridized carbons (Fsp3) is 0.652. The van der Waals surface area contributed by atoms with Crippen molar-refractivity contribution in [1.82, 2.24) is 15.1 Å². The third-order valence-corrected chi connectivity index (χ3v) is 5.79. The van der Waals surface area contributed by atoms with E-state index >= 15 is 0 Å². The van der Waals surface area contributed by atoms with Crippen molar-refractivity contribution in [2.45, 2.75) is 51.3 Å². The Labute approximate surface area is 203 Å². The van der Waals surface area contributed by atoms with E-state index in [1.807, 2.05) is 11.9 Å². The molecule has 0 saturated carbocycles. The van der Waals surface area contributed by atoms with Gasteiger partial charge in [-0.05, 0) is 36.8 Å². The van der Waals surface area contributed by atoms with Crippen LogP contribution in [0.2, 0.25) is 0 Å². The third-order valence-electron chi connectivity index (χ3n) is 5.79. The molecule has 0 radical (unpaired) electrons. The number of methoxy groups -OCH3 is 1. The van der Waals surface area contributed by atoms with E-state index in [1.54, 1.807) is 7.11 Å². The van der Waals surface area contributed by atoms with Crippen molar-refractivity contribution in [3.63, 3.8) is 0 Å². The number of nitrogens with one attached hydrogen (secondary N) is 1. The zero-order valence-electron chi connectivity index (χ0n) is 18.8. The number of amides is 1. The van der Waals surface area contributed by atoms with Gasteiger partial charge in [-0.25, -0.2) is 0 Å². The summed E-state index contributed by atoms with van der Waals surface area (Å²) in [5.41, 5.74) is 2.39. The molecule has 2 saturated heterocycles. The quantitative estimate of drug-likeness (QED) is 0.224. The highest BCUT2D eigenvalue weighted by Gasteiger charge is 2.22. The molecule has 174 valence electrons. The van der Waals surface area contributed by atoms with Crippen LogP contribution in [0.4, 0.5) is 0 Å². The maximum atomic E-state index is 11.9. The summed E-state index contributed by atoms with van der Waals surface area (Å²) in [5.74, 6) is 1.21. The highest BCUT2D eigenvalue weighted by atomic mass is 127. The van der Waals surface area contributed by atoms with Gasteiger partial charge in [-0.2, -0.15) is 0 Å².